The summed E-state index contributed by atoms with van der Waals surface area (Å²) in [4.78, 5) is 4.88. The standard InChI is InChI=1S/C12H16BN2/c1-8-12(13-8)15-9(2)14(3)10-6-4-5-7-11(10)15/h4-9,12H,1-3H3/t8?,9-,12?/m0/s1. The van der Waals surface area contributed by atoms with Gasteiger partial charge in [-0.2, -0.15) is 0 Å². The first-order chi connectivity index (χ1) is 7.20. The molecular formula is C12H16BN2. The fourth-order valence-electron chi connectivity index (χ4n) is 2.57. The van der Waals surface area contributed by atoms with Gasteiger partial charge in [0.25, 0.3) is 0 Å². The highest BCUT2D eigenvalue weighted by Gasteiger charge is 2.45. The predicted octanol–water partition coefficient (Wildman–Crippen LogP) is 2.14. The summed E-state index contributed by atoms with van der Waals surface area (Å²) >= 11 is 0. The molecule has 0 bridgehead atoms. The molecule has 1 fully saturated rings. The van der Waals surface area contributed by atoms with E-state index in [2.05, 4.69) is 62.2 Å². The smallest absolute Gasteiger partial charge is 0.145 e. The Morgan fingerprint density at radius 1 is 1.13 bits per heavy atom. The molecule has 1 aromatic rings. The summed E-state index contributed by atoms with van der Waals surface area (Å²) in [6.45, 7) is 4.57. The van der Waals surface area contributed by atoms with Crippen molar-refractivity contribution in [1.29, 1.82) is 0 Å². The molecule has 77 valence electrons. The van der Waals surface area contributed by atoms with Gasteiger partial charge in [0.1, 0.15) is 7.28 Å². The molecule has 1 saturated heterocycles. The summed E-state index contributed by atoms with van der Waals surface area (Å²) in [7, 11) is 4.59. The lowest BCUT2D eigenvalue weighted by Gasteiger charge is -2.28. The molecule has 2 aliphatic rings. The topological polar surface area (TPSA) is 6.48 Å². The van der Waals surface area contributed by atoms with Crippen LogP contribution in [0.5, 0.6) is 0 Å². The Morgan fingerprint density at radius 2 is 1.73 bits per heavy atom. The second kappa shape index (κ2) is 2.94. The highest BCUT2D eigenvalue weighted by molar-refractivity contribution is 6.55. The number of anilines is 2. The van der Waals surface area contributed by atoms with Gasteiger partial charge in [0.05, 0.1) is 17.5 Å². The van der Waals surface area contributed by atoms with E-state index in [9.17, 15) is 0 Å². The number of hydrogen-bond acceptors (Lipinski definition) is 2. The van der Waals surface area contributed by atoms with Crippen LogP contribution in [0.4, 0.5) is 11.4 Å². The lowest BCUT2D eigenvalue weighted by molar-refractivity contribution is 0.654. The molecule has 15 heavy (non-hydrogen) atoms. The monoisotopic (exact) mass is 199 g/mol. The van der Waals surface area contributed by atoms with Crippen molar-refractivity contribution in [2.45, 2.75) is 31.8 Å². The Morgan fingerprint density at radius 3 is 2.33 bits per heavy atom. The van der Waals surface area contributed by atoms with Crippen LogP contribution in [-0.2, 0) is 0 Å². The van der Waals surface area contributed by atoms with Gasteiger partial charge in [0, 0.05) is 7.05 Å². The highest BCUT2D eigenvalue weighted by Crippen LogP contribution is 2.45. The molecule has 2 nitrogen and oxygen atoms in total. The first-order valence-electron chi connectivity index (χ1n) is 5.65. The number of benzene rings is 1. The number of para-hydroxylation sites is 2. The zero-order valence-electron chi connectivity index (χ0n) is 9.51. The second-order valence-electron chi connectivity index (χ2n) is 4.68. The van der Waals surface area contributed by atoms with Gasteiger partial charge in [-0.05, 0) is 25.0 Å². The Labute approximate surface area is 92.1 Å². The minimum absolute atomic E-state index is 0.480. The van der Waals surface area contributed by atoms with E-state index >= 15 is 0 Å². The van der Waals surface area contributed by atoms with Gasteiger partial charge < -0.3 is 9.80 Å². The average Bonchev–Trinajstić information content (AvgIpc) is 2.89. The minimum Gasteiger partial charge on any atom is -0.356 e. The maximum atomic E-state index is 2.53. The van der Waals surface area contributed by atoms with Gasteiger partial charge in [0.2, 0.25) is 0 Å². The second-order valence-corrected chi connectivity index (χ2v) is 4.68. The van der Waals surface area contributed by atoms with Crippen LogP contribution in [0.1, 0.15) is 13.8 Å². The summed E-state index contributed by atoms with van der Waals surface area (Å²) in [5.74, 6) is 1.39. The number of hydrogen-bond donors (Lipinski definition) is 0. The van der Waals surface area contributed by atoms with Crippen LogP contribution in [0.15, 0.2) is 24.3 Å². The van der Waals surface area contributed by atoms with Crippen molar-refractivity contribution in [1.82, 2.24) is 0 Å². The van der Waals surface area contributed by atoms with E-state index in [4.69, 9.17) is 0 Å². The molecule has 0 spiro atoms. The lowest BCUT2D eigenvalue weighted by Crippen LogP contribution is -2.40. The molecule has 2 heterocycles. The van der Waals surface area contributed by atoms with Crippen LogP contribution in [0.25, 0.3) is 0 Å². The van der Waals surface area contributed by atoms with Crippen LogP contribution >= 0.6 is 0 Å². The van der Waals surface area contributed by atoms with E-state index in [0.717, 1.165) is 5.82 Å². The van der Waals surface area contributed by atoms with Gasteiger partial charge in [-0.25, -0.2) is 0 Å². The third-order valence-electron chi connectivity index (χ3n) is 3.72. The molecule has 1 aromatic carbocycles. The lowest BCUT2D eigenvalue weighted by atomic mass is 10.0. The van der Waals surface area contributed by atoms with E-state index in [1.807, 2.05) is 0 Å². The van der Waals surface area contributed by atoms with Gasteiger partial charge in [0.15, 0.2) is 0 Å². The summed E-state index contributed by atoms with van der Waals surface area (Å²) in [5, 5.41) is 0. The maximum absolute atomic E-state index is 2.53. The zero-order chi connectivity index (χ0) is 10.6. The largest absolute Gasteiger partial charge is 0.356 e. The highest BCUT2D eigenvalue weighted by atomic mass is 15.4. The van der Waals surface area contributed by atoms with Crippen LogP contribution in [0.2, 0.25) is 5.82 Å². The molecule has 3 rings (SSSR count). The Bertz CT molecular complexity index is 393. The molecular weight excluding hydrogens is 183 g/mol. The van der Waals surface area contributed by atoms with Gasteiger partial charge in [-0.15, -0.1) is 0 Å². The molecule has 3 heteroatoms. The minimum atomic E-state index is 0.480. The van der Waals surface area contributed by atoms with Crippen LogP contribution in [0.3, 0.4) is 0 Å². The van der Waals surface area contributed by atoms with Crippen molar-refractivity contribution < 1.29 is 0 Å². The first-order valence-corrected chi connectivity index (χ1v) is 5.65. The third-order valence-corrected chi connectivity index (χ3v) is 3.72. The Balaban J connectivity index is 2.03. The third kappa shape index (κ3) is 1.19. The van der Waals surface area contributed by atoms with Gasteiger partial charge in [-0.1, -0.05) is 24.9 Å². The van der Waals surface area contributed by atoms with E-state index in [1.165, 1.54) is 11.4 Å². The van der Waals surface area contributed by atoms with Crippen molar-refractivity contribution in [3.05, 3.63) is 24.3 Å². The molecule has 0 saturated carbocycles. The normalized spacial score (nSPS) is 32.6. The number of fused-ring (bicyclic) bond motifs is 1. The molecule has 2 unspecified atom stereocenters. The van der Waals surface area contributed by atoms with E-state index in [0.29, 0.717) is 12.1 Å². The molecule has 0 aromatic heterocycles. The average molecular weight is 199 g/mol. The maximum Gasteiger partial charge on any atom is 0.145 e. The molecule has 0 amide bonds. The fraction of sp³-hybridized carbons (Fsp3) is 0.500. The SMILES string of the molecule is CC1[B]C1N1c2ccccc2N(C)[C@@H]1C. The molecule has 0 aliphatic carbocycles. The summed E-state index contributed by atoms with van der Waals surface area (Å²) < 4.78 is 0. The van der Waals surface area contributed by atoms with Crippen molar-refractivity contribution >= 4 is 18.7 Å². The molecule has 1 radical (unpaired) electrons. The van der Waals surface area contributed by atoms with Gasteiger partial charge >= 0.3 is 0 Å². The van der Waals surface area contributed by atoms with E-state index < -0.39 is 0 Å². The van der Waals surface area contributed by atoms with Crippen molar-refractivity contribution in [3.63, 3.8) is 0 Å². The molecule has 2 aliphatic heterocycles. The number of nitrogens with zero attached hydrogens (tertiary/aromatic N) is 2. The van der Waals surface area contributed by atoms with E-state index in [-0.39, 0.29) is 0 Å². The quantitative estimate of drug-likeness (QED) is 0.639. The zero-order valence-corrected chi connectivity index (χ0v) is 9.51. The summed E-state index contributed by atoms with van der Waals surface area (Å²) in [5.41, 5.74) is 2.75. The van der Waals surface area contributed by atoms with Crippen molar-refractivity contribution in [2.75, 3.05) is 16.8 Å². The predicted molar refractivity (Wildman–Crippen MR) is 65.8 cm³/mol. The van der Waals surface area contributed by atoms with Crippen molar-refractivity contribution in [2.24, 2.45) is 0 Å². The van der Waals surface area contributed by atoms with Crippen molar-refractivity contribution in [3.8, 4) is 0 Å². The first kappa shape index (κ1) is 9.14. The summed E-state index contributed by atoms with van der Waals surface area (Å²) in [6.07, 6.45) is 0.480. The number of rotatable bonds is 1. The Hall–Kier alpha value is -1.12. The molecule has 0 N–H and O–H groups in total. The fourth-order valence-corrected chi connectivity index (χ4v) is 2.57. The van der Waals surface area contributed by atoms with Gasteiger partial charge in [-0.3, -0.25) is 0 Å². The van der Waals surface area contributed by atoms with E-state index in [1.54, 1.807) is 0 Å². The van der Waals surface area contributed by atoms with Crippen LogP contribution in [0, 0.1) is 0 Å². The van der Waals surface area contributed by atoms with Crippen LogP contribution < -0.4 is 9.80 Å². The summed E-state index contributed by atoms with van der Waals surface area (Å²) in [6, 6.07) is 8.68. The molecule has 3 atom stereocenters. The Kier molecular flexibility index (Phi) is 1.79. The van der Waals surface area contributed by atoms with Crippen LogP contribution in [-0.4, -0.2) is 26.4 Å².